The van der Waals surface area contributed by atoms with Gasteiger partial charge in [-0.2, -0.15) is 0 Å². The minimum Gasteiger partial charge on any atom is -0.480 e. The first kappa shape index (κ1) is 39.1. The van der Waals surface area contributed by atoms with Gasteiger partial charge in [0.2, 0.25) is 23.6 Å². The van der Waals surface area contributed by atoms with Crippen molar-refractivity contribution in [2.75, 3.05) is 113 Å². The first-order valence-electron chi connectivity index (χ1n) is 13.7. The molecule has 17 heteroatoms. The zero-order valence-electron chi connectivity index (χ0n) is 24.5. The molecule has 0 aromatic rings. The molecule has 0 fully saturated rings. The van der Waals surface area contributed by atoms with Crippen LogP contribution in [0.25, 0.3) is 0 Å². The lowest BCUT2D eigenvalue weighted by atomic mass is 10.2. The van der Waals surface area contributed by atoms with E-state index in [-0.39, 0.29) is 109 Å². The number of carboxylic acids is 1. The van der Waals surface area contributed by atoms with E-state index >= 15 is 0 Å². The highest BCUT2D eigenvalue weighted by Gasteiger charge is 2.14. The van der Waals surface area contributed by atoms with Crippen LogP contribution in [0.3, 0.4) is 0 Å². The Labute approximate surface area is 246 Å². The predicted octanol–water partition coefficient (Wildman–Crippen LogP) is -3.37. The molecule has 0 rings (SSSR count). The highest BCUT2D eigenvalue weighted by molar-refractivity contribution is 5.78. The molecule has 0 aromatic heterocycles. The molecule has 0 aliphatic carbocycles. The Hall–Kier alpha value is -2.93. The number of amides is 4. The van der Waals surface area contributed by atoms with E-state index in [0.29, 0.717) is 26.3 Å². The van der Waals surface area contributed by atoms with Crippen molar-refractivity contribution < 1.29 is 57.5 Å². The molecule has 1 unspecified atom stereocenters. The summed E-state index contributed by atoms with van der Waals surface area (Å²) in [5.41, 5.74) is 0. The van der Waals surface area contributed by atoms with E-state index in [4.69, 9.17) is 33.5 Å². The fraction of sp³-hybridized carbons (Fsp3) is 0.800. The number of nitrogens with one attached hydrogen (secondary N) is 5. The number of hydrogen-bond donors (Lipinski definition) is 6. The molecule has 6 N–H and O–H groups in total. The summed E-state index contributed by atoms with van der Waals surface area (Å²) < 4.78 is 31.4. The van der Waals surface area contributed by atoms with Crippen molar-refractivity contribution in [3.05, 3.63) is 0 Å². The summed E-state index contributed by atoms with van der Waals surface area (Å²) >= 11 is 0. The van der Waals surface area contributed by atoms with E-state index in [1.54, 1.807) is 0 Å². The topological polar surface area (TPSA) is 221 Å². The molecular weight excluding hydrogens is 562 g/mol. The Bertz CT molecular complexity index is 759. The van der Waals surface area contributed by atoms with Gasteiger partial charge in [-0.3, -0.25) is 24.0 Å². The van der Waals surface area contributed by atoms with Gasteiger partial charge in [0, 0.05) is 33.1 Å². The number of carbonyl (C=O) groups excluding carboxylic acids is 4. The van der Waals surface area contributed by atoms with Gasteiger partial charge in [-0.25, -0.2) is 0 Å². The average molecular weight is 610 g/mol. The van der Waals surface area contributed by atoms with Crippen LogP contribution in [0, 0.1) is 0 Å². The van der Waals surface area contributed by atoms with Crippen LogP contribution in [0.2, 0.25) is 0 Å². The van der Waals surface area contributed by atoms with E-state index in [0.717, 1.165) is 0 Å². The molecular formula is C25H47N5O12. The Morgan fingerprint density at radius 3 is 1.26 bits per heavy atom. The van der Waals surface area contributed by atoms with Gasteiger partial charge in [0.1, 0.15) is 25.9 Å². The maximum absolute atomic E-state index is 11.7. The van der Waals surface area contributed by atoms with E-state index in [2.05, 4.69) is 26.6 Å². The van der Waals surface area contributed by atoms with Crippen LogP contribution >= 0.6 is 0 Å². The van der Waals surface area contributed by atoms with Crippen molar-refractivity contribution in [2.24, 2.45) is 0 Å². The minimum atomic E-state index is -0.981. The lowest BCUT2D eigenvalue weighted by Gasteiger charge is -2.11. The van der Waals surface area contributed by atoms with Crippen molar-refractivity contribution in [3.8, 4) is 0 Å². The maximum Gasteiger partial charge on any atom is 0.320 e. The van der Waals surface area contributed by atoms with Crippen LogP contribution in [0.4, 0.5) is 0 Å². The molecule has 0 aliphatic rings. The second-order valence-electron chi connectivity index (χ2n) is 8.50. The molecule has 42 heavy (non-hydrogen) atoms. The third-order valence-electron chi connectivity index (χ3n) is 4.97. The van der Waals surface area contributed by atoms with Gasteiger partial charge in [0.15, 0.2) is 0 Å². The van der Waals surface area contributed by atoms with Gasteiger partial charge in [-0.05, 0) is 13.5 Å². The number of carbonyl (C=O) groups is 5. The fourth-order valence-electron chi connectivity index (χ4n) is 2.88. The molecule has 0 aliphatic heterocycles. The van der Waals surface area contributed by atoms with Crippen LogP contribution in [0.15, 0.2) is 0 Å². The average Bonchev–Trinajstić information content (AvgIpc) is 2.94. The first-order valence-corrected chi connectivity index (χ1v) is 13.7. The van der Waals surface area contributed by atoms with Crippen LogP contribution in [0.5, 0.6) is 0 Å². The van der Waals surface area contributed by atoms with Gasteiger partial charge >= 0.3 is 5.97 Å². The van der Waals surface area contributed by atoms with Crippen molar-refractivity contribution in [2.45, 2.75) is 19.4 Å². The smallest absolute Gasteiger partial charge is 0.320 e. The van der Waals surface area contributed by atoms with Crippen molar-refractivity contribution in [1.82, 2.24) is 26.6 Å². The zero-order chi connectivity index (χ0) is 31.3. The summed E-state index contributed by atoms with van der Waals surface area (Å²) in [5, 5.41) is 22.0. The highest BCUT2D eigenvalue weighted by atomic mass is 16.5. The molecule has 0 radical (unpaired) electrons. The monoisotopic (exact) mass is 609 g/mol. The Kier molecular flexibility index (Phi) is 26.2. The zero-order valence-corrected chi connectivity index (χ0v) is 24.5. The Balaban J connectivity index is 3.40. The number of aliphatic carboxylic acids is 1. The van der Waals surface area contributed by atoms with Crippen molar-refractivity contribution in [1.29, 1.82) is 0 Å². The quantitative estimate of drug-likeness (QED) is 0.0457. The van der Waals surface area contributed by atoms with Crippen LogP contribution < -0.4 is 26.6 Å². The normalized spacial score (nSPS) is 11.5. The maximum atomic E-state index is 11.7. The summed E-state index contributed by atoms with van der Waals surface area (Å²) in [5.74, 6) is -2.04. The van der Waals surface area contributed by atoms with Gasteiger partial charge in [0.05, 0.1) is 59.5 Å². The number of carboxylic acid groups (broad SMARTS) is 1. The summed E-state index contributed by atoms with van der Waals surface area (Å²) in [6.07, 6.45) is 0.257. The Morgan fingerprint density at radius 2 is 0.905 bits per heavy atom. The number of likely N-dealkylation sites (N-methyl/N-ethyl adjacent to an activating group) is 1. The number of hydrogen-bond acceptors (Lipinski definition) is 12. The van der Waals surface area contributed by atoms with E-state index in [9.17, 15) is 24.0 Å². The second-order valence-corrected chi connectivity index (χ2v) is 8.50. The standard InChI is InChI=1S/C25H47N5O12/c1-20(31)27-5-8-37-11-14-41-18-23(33)29-7-10-39-13-16-42-19-24(34)30-6-9-38-12-15-40-17-22(32)28-4-3-21(26-2)25(35)36/h21,26H,3-19H2,1-2H3,(H,27,31)(H,28,32)(H,29,33)(H,30,34)(H,35,36). The van der Waals surface area contributed by atoms with Gasteiger partial charge in [-0.1, -0.05) is 0 Å². The molecule has 244 valence electrons. The van der Waals surface area contributed by atoms with Crippen molar-refractivity contribution in [3.63, 3.8) is 0 Å². The summed E-state index contributed by atoms with van der Waals surface area (Å²) in [7, 11) is 1.54. The van der Waals surface area contributed by atoms with E-state index < -0.39 is 12.0 Å². The first-order chi connectivity index (χ1) is 20.3. The van der Waals surface area contributed by atoms with Crippen molar-refractivity contribution >= 4 is 29.6 Å². The van der Waals surface area contributed by atoms with Crippen LogP contribution in [-0.4, -0.2) is 153 Å². The summed E-state index contributed by atoms with van der Waals surface area (Å²) in [6, 6.07) is -0.724. The number of ether oxygens (including phenoxy) is 6. The molecule has 0 spiro atoms. The Morgan fingerprint density at radius 1 is 0.548 bits per heavy atom. The van der Waals surface area contributed by atoms with E-state index in [1.165, 1.54) is 14.0 Å². The van der Waals surface area contributed by atoms with E-state index in [1.807, 2.05) is 0 Å². The second kappa shape index (κ2) is 28.2. The molecule has 0 heterocycles. The lowest BCUT2D eigenvalue weighted by Crippen LogP contribution is -2.38. The lowest BCUT2D eigenvalue weighted by molar-refractivity contribution is -0.139. The molecule has 4 amide bonds. The third-order valence-corrected chi connectivity index (χ3v) is 4.97. The molecule has 1 atom stereocenters. The minimum absolute atomic E-state index is 0.0957. The molecule has 0 bridgehead atoms. The fourth-order valence-corrected chi connectivity index (χ4v) is 2.88. The highest BCUT2D eigenvalue weighted by Crippen LogP contribution is 1.90. The van der Waals surface area contributed by atoms with Gasteiger partial charge in [-0.15, -0.1) is 0 Å². The van der Waals surface area contributed by atoms with Gasteiger partial charge < -0.3 is 60.1 Å². The van der Waals surface area contributed by atoms with Crippen LogP contribution in [0.1, 0.15) is 13.3 Å². The van der Waals surface area contributed by atoms with Crippen LogP contribution in [-0.2, 0) is 52.4 Å². The number of rotatable bonds is 29. The largest absolute Gasteiger partial charge is 0.480 e. The molecule has 0 aromatic carbocycles. The molecule has 0 saturated heterocycles. The summed E-state index contributed by atoms with van der Waals surface area (Å²) in [4.78, 5) is 56.6. The third kappa shape index (κ3) is 27.3. The van der Waals surface area contributed by atoms with Gasteiger partial charge in [0.25, 0.3) is 0 Å². The molecule has 17 nitrogen and oxygen atoms in total. The predicted molar refractivity (Wildman–Crippen MR) is 148 cm³/mol. The SMILES string of the molecule is CNC(CCNC(=O)COCCOCCNC(=O)COCCOCCNC(=O)COCCOCCNC(C)=O)C(=O)O. The summed E-state index contributed by atoms with van der Waals surface area (Å²) in [6.45, 7) is 4.65. The molecule has 0 saturated carbocycles.